The van der Waals surface area contributed by atoms with Crippen LogP contribution >= 0.6 is 0 Å². The lowest BCUT2D eigenvalue weighted by Crippen LogP contribution is -2.46. The summed E-state index contributed by atoms with van der Waals surface area (Å²) in [4.78, 5) is 13.7. The molecule has 1 aromatic carbocycles. The second kappa shape index (κ2) is 5.19. The summed E-state index contributed by atoms with van der Waals surface area (Å²) in [6, 6.07) is 9.32. The fourth-order valence-corrected chi connectivity index (χ4v) is 2.04. The number of hydrogen-bond donors (Lipinski definition) is 2. The molecule has 1 saturated heterocycles. The zero-order valence-corrected chi connectivity index (χ0v) is 9.97. The molecule has 0 saturated carbocycles. The Morgan fingerprint density at radius 3 is 2.76 bits per heavy atom. The van der Waals surface area contributed by atoms with Gasteiger partial charge in [0.05, 0.1) is 6.10 Å². The largest absolute Gasteiger partial charge is 0.393 e. The van der Waals surface area contributed by atoms with E-state index in [2.05, 4.69) is 5.32 Å². The van der Waals surface area contributed by atoms with Crippen molar-refractivity contribution < 1.29 is 9.90 Å². The van der Waals surface area contributed by atoms with Gasteiger partial charge in [0, 0.05) is 18.8 Å². The van der Waals surface area contributed by atoms with Crippen molar-refractivity contribution in [1.82, 2.24) is 4.90 Å². The maximum atomic E-state index is 12.0. The van der Waals surface area contributed by atoms with E-state index >= 15 is 0 Å². The molecule has 1 aromatic rings. The second-order valence-electron chi connectivity index (χ2n) is 4.58. The highest BCUT2D eigenvalue weighted by Crippen LogP contribution is 2.17. The molecule has 0 spiro atoms. The lowest BCUT2D eigenvalue weighted by molar-refractivity contribution is 0.0506. The molecule has 1 aliphatic rings. The van der Waals surface area contributed by atoms with E-state index in [1.807, 2.05) is 37.3 Å². The number of piperidine rings is 1. The van der Waals surface area contributed by atoms with Gasteiger partial charge in [-0.05, 0) is 24.5 Å². The Morgan fingerprint density at radius 1 is 1.41 bits per heavy atom. The highest BCUT2D eigenvalue weighted by molar-refractivity contribution is 5.89. The lowest BCUT2D eigenvalue weighted by atomic mass is 9.97. The van der Waals surface area contributed by atoms with Gasteiger partial charge in [-0.1, -0.05) is 25.1 Å². The van der Waals surface area contributed by atoms with Gasteiger partial charge in [-0.15, -0.1) is 0 Å². The van der Waals surface area contributed by atoms with E-state index in [0.29, 0.717) is 19.5 Å². The third-order valence-electron chi connectivity index (χ3n) is 3.17. The topological polar surface area (TPSA) is 52.6 Å². The van der Waals surface area contributed by atoms with Crippen LogP contribution in [0.1, 0.15) is 13.3 Å². The zero-order valence-electron chi connectivity index (χ0n) is 9.97. The third kappa shape index (κ3) is 2.97. The minimum atomic E-state index is -0.282. The van der Waals surface area contributed by atoms with Crippen LogP contribution in [0, 0.1) is 5.92 Å². The van der Waals surface area contributed by atoms with Crippen LogP contribution in [0.2, 0.25) is 0 Å². The van der Waals surface area contributed by atoms with Crippen LogP contribution in [-0.2, 0) is 0 Å². The maximum absolute atomic E-state index is 12.0. The van der Waals surface area contributed by atoms with Crippen LogP contribution in [0.25, 0.3) is 0 Å². The molecule has 1 heterocycles. The smallest absolute Gasteiger partial charge is 0.321 e. The molecule has 4 heteroatoms. The molecule has 2 amide bonds. The van der Waals surface area contributed by atoms with Crippen molar-refractivity contribution in [2.75, 3.05) is 18.4 Å². The van der Waals surface area contributed by atoms with Crippen molar-refractivity contribution >= 4 is 11.7 Å². The summed E-state index contributed by atoms with van der Waals surface area (Å²) in [5.74, 6) is 0.144. The SMILES string of the molecule is CC1CN(C(=O)Nc2ccccc2)CCC1O. The van der Waals surface area contributed by atoms with Crippen molar-refractivity contribution in [2.24, 2.45) is 5.92 Å². The number of urea groups is 1. The van der Waals surface area contributed by atoms with Crippen molar-refractivity contribution in [2.45, 2.75) is 19.4 Å². The van der Waals surface area contributed by atoms with Gasteiger partial charge >= 0.3 is 6.03 Å². The third-order valence-corrected chi connectivity index (χ3v) is 3.17. The van der Waals surface area contributed by atoms with Gasteiger partial charge in [0.15, 0.2) is 0 Å². The molecule has 1 aliphatic heterocycles. The number of benzene rings is 1. The van der Waals surface area contributed by atoms with Crippen LogP contribution in [0.15, 0.2) is 30.3 Å². The molecule has 2 atom stereocenters. The molecular weight excluding hydrogens is 216 g/mol. The number of hydrogen-bond acceptors (Lipinski definition) is 2. The number of nitrogens with zero attached hydrogens (tertiary/aromatic N) is 1. The van der Waals surface area contributed by atoms with Gasteiger partial charge in [-0.25, -0.2) is 4.79 Å². The number of nitrogens with one attached hydrogen (secondary N) is 1. The minimum Gasteiger partial charge on any atom is -0.393 e. The summed E-state index contributed by atoms with van der Waals surface area (Å²) >= 11 is 0. The van der Waals surface area contributed by atoms with Crippen molar-refractivity contribution in [1.29, 1.82) is 0 Å². The molecule has 2 N–H and O–H groups in total. The van der Waals surface area contributed by atoms with Crippen LogP contribution in [0.5, 0.6) is 0 Å². The molecule has 0 radical (unpaired) electrons. The van der Waals surface area contributed by atoms with Crippen molar-refractivity contribution in [3.05, 3.63) is 30.3 Å². The molecule has 0 aliphatic carbocycles. The second-order valence-corrected chi connectivity index (χ2v) is 4.58. The molecular formula is C13H18N2O2. The van der Waals surface area contributed by atoms with Crippen molar-refractivity contribution in [3.63, 3.8) is 0 Å². The van der Waals surface area contributed by atoms with Crippen molar-refractivity contribution in [3.8, 4) is 0 Å². The predicted octanol–water partition coefficient (Wildman–Crippen LogP) is 1.92. The van der Waals surface area contributed by atoms with E-state index in [9.17, 15) is 9.90 Å². The Morgan fingerprint density at radius 2 is 2.12 bits per heavy atom. The van der Waals surface area contributed by atoms with E-state index in [-0.39, 0.29) is 18.1 Å². The Kier molecular flexibility index (Phi) is 3.64. The molecule has 0 bridgehead atoms. The van der Waals surface area contributed by atoms with E-state index < -0.39 is 0 Å². The first-order valence-corrected chi connectivity index (χ1v) is 5.96. The lowest BCUT2D eigenvalue weighted by Gasteiger charge is -2.34. The Hall–Kier alpha value is -1.55. The summed E-state index contributed by atoms with van der Waals surface area (Å²) in [6.07, 6.45) is 0.374. The maximum Gasteiger partial charge on any atom is 0.321 e. The van der Waals surface area contributed by atoms with Crippen LogP contribution in [0.4, 0.5) is 10.5 Å². The molecule has 1 fully saturated rings. The summed E-state index contributed by atoms with van der Waals surface area (Å²) in [6.45, 7) is 3.19. The van der Waals surface area contributed by atoms with E-state index in [1.54, 1.807) is 4.90 Å². The number of likely N-dealkylation sites (tertiary alicyclic amines) is 1. The van der Waals surface area contributed by atoms with E-state index in [0.717, 1.165) is 5.69 Å². The van der Waals surface area contributed by atoms with Gasteiger partial charge < -0.3 is 15.3 Å². The van der Waals surface area contributed by atoms with Crippen LogP contribution < -0.4 is 5.32 Å². The summed E-state index contributed by atoms with van der Waals surface area (Å²) in [7, 11) is 0. The Bertz CT molecular complexity index is 380. The monoisotopic (exact) mass is 234 g/mol. The standard InChI is InChI=1S/C13H18N2O2/c1-10-9-15(8-7-12(10)16)13(17)14-11-5-3-2-4-6-11/h2-6,10,12,16H,7-9H2,1H3,(H,14,17). The number of aliphatic hydroxyl groups is 1. The highest BCUT2D eigenvalue weighted by Gasteiger charge is 2.26. The first-order chi connectivity index (χ1) is 8.16. The Labute approximate surface area is 101 Å². The summed E-state index contributed by atoms with van der Waals surface area (Å²) in [5.41, 5.74) is 0.802. The number of carbonyl (C=O) groups is 1. The van der Waals surface area contributed by atoms with E-state index in [1.165, 1.54) is 0 Å². The number of aliphatic hydroxyl groups excluding tert-OH is 1. The highest BCUT2D eigenvalue weighted by atomic mass is 16.3. The molecule has 92 valence electrons. The van der Waals surface area contributed by atoms with Gasteiger partial charge in [0.1, 0.15) is 0 Å². The number of anilines is 1. The number of rotatable bonds is 1. The fourth-order valence-electron chi connectivity index (χ4n) is 2.04. The van der Waals surface area contributed by atoms with E-state index in [4.69, 9.17) is 0 Å². The summed E-state index contributed by atoms with van der Waals surface area (Å²) in [5, 5.41) is 12.5. The average molecular weight is 234 g/mol. The molecule has 2 unspecified atom stereocenters. The number of amides is 2. The fraction of sp³-hybridized carbons (Fsp3) is 0.462. The predicted molar refractivity (Wildman–Crippen MR) is 66.8 cm³/mol. The quantitative estimate of drug-likeness (QED) is 0.780. The van der Waals surface area contributed by atoms with Gasteiger partial charge in [0.25, 0.3) is 0 Å². The summed E-state index contributed by atoms with van der Waals surface area (Å²) < 4.78 is 0. The Balaban J connectivity index is 1.93. The van der Waals surface area contributed by atoms with Crippen LogP contribution in [0.3, 0.4) is 0 Å². The molecule has 4 nitrogen and oxygen atoms in total. The first kappa shape index (κ1) is 11.9. The minimum absolute atomic E-state index is 0.0880. The normalized spacial score (nSPS) is 24.5. The van der Waals surface area contributed by atoms with Gasteiger partial charge in [0.2, 0.25) is 0 Å². The molecule has 2 rings (SSSR count). The first-order valence-electron chi connectivity index (χ1n) is 5.96. The average Bonchev–Trinajstić information content (AvgIpc) is 2.34. The van der Waals surface area contributed by atoms with Gasteiger partial charge in [-0.3, -0.25) is 0 Å². The number of para-hydroxylation sites is 1. The molecule has 17 heavy (non-hydrogen) atoms. The van der Waals surface area contributed by atoms with Crippen LogP contribution in [-0.4, -0.2) is 35.2 Å². The van der Waals surface area contributed by atoms with Gasteiger partial charge in [-0.2, -0.15) is 0 Å². The number of carbonyl (C=O) groups excluding carboxylic acids is 1. The molecule has 0 aromatic heterocycles. The zero-order chi connectivity index (χ0) is 12.3.